The monoisotopic (exact) mass is 581 g/mol. The fourth-order valence-electron chi connectivity index (χ4n) is 5.23. The molecule has 0 radical (unpaired) electrons. The van der Waals surface area contributed by atoms with Gasteiger partial charge in [0.2, 0.25) is 6.17 Å². The van der Waals surface area contributed by atoms with Gasteiger partial charge in [-0.15, -0.1) is 0 Å². The minimum atomic E-state index is -1.13. The van der Waals surface area contributed by atoms with E-state index in [9.17, 15) is 14.4 Å². The number of benzene rings is 3. The Hall–Kier alpha value is -5.09. The summed E-state index contributed by atoms with van der Waals surface area (Å²) < 4.78 is 8.00. The number of amidine groups is 1. The van der Waals surface area contributed by atoms with Gasteiger partial charge in [0.25, 0.3) is 0 Å². The lowest BCUT2D eigenvalue weighted by molar-refractivity contribution is -0.515. The van der Waals surface area contributed by atoms with E-state index in [0.717, 1.165) is 28.1 Å². The van der Waals surface area contributed by atoms with Crippen molar-refractivity contribution in [1.82, 2.24) is 10.2 Å². The molecule has 2 heterocycles. The lowest BCUT2D eigenvalue weighted by Gasteiger charge is -2.17. The van der Waals surface area contributed by atoms with Crippen molar-refractivity contribution in [1.29, 1.82) is 0 Å². The highest BCUT2D eigenvalue weighted by Gasteiger charge is 2.48. The van der Waals surface area contributed by atoms with Crippen molar-refractivity contribution < 1.29 is 33.9 Å². The molecule has 43 heavy (non-hydrogen) atoms. The molecule has 0 saturated heterocycles. The SMILES string of the molecule is O=C(O)CN(CCCC(=O)OC1=C(Cc2ccccc2)NC2C(Cc3ccccc3)=NC(c3ccccc3)=[N+]12)CC(=O)O. The summed E-state index contributed by atoms with van der Waals surface area (Å²) >= 11 is 0. The Morgan fingerprint density at radius 3 is 1.95 bits per heavy atom. The number of hydrogen-bond donors (Lipinski definition) is 3. The van der Waals surface area contributed by atoms with Gasteiger partial charge in [-0.2, -0.15) is 4.58 Å². The Balaban J connectivity index is 1.42. The number of fused-ring (bicyclic) bond motifs is 1. The van der Waals surface area contributed by atoms with Crippen molar-refractivity contribution in [3.05, 3.63) is 119 Å². The third-order valence-electron chi connectivity index (χ3n) is 7.11. The number of aliphatic imine (C=N–C) groups is 1. The maximum atomic E-state index is 13.2. The molecule has 1 atom stereocenters. The van der Waals surface area contributed by atoms with Crippen LogP contribution in [0.4, 0.5) is 0 Å². The van der Waals surface area contributed by atoms with Gasteiger partial charge in [-0.3, -0.25) is 19.3 Å². The molecule has 0 amide bonds. The van der Waals surface area contributed by atoms with Crippen molar-refractivity contribution in [2.75, 3.05) is 19.6 Å². The summed E-state index contributed by atoms with van der Waals surface area (Å²) in [6.45, 7) is -0.728. The van der Waals surface area contributed by atoms with Crippen LogP contribution in [0.1, 0.15) is 29.5 Å². The highest BCUT2D eigenvalue weighted by atomic mass is 16.6. The average Bonchev–Trinajstić information content (AvgIpc) is 3.51. The summed E-state index contributed by atoms with van der Waals surface area (Å²) in [5.74, 6) is -1.72. The normalized spacial score (nSPS) is 15.7. The smallest absolute Gasteiger partial charge is 0.335 e. The number of nitrogens with one attached hydrogen (secondary N) is 1. The van der Waals surface area contributed by atoms with Gasteiger partial charge in [-0.1, -0.05) is 78.9 Å². The van der Waals surface area contributed by atoms with Crippen LogP contribution in [0.25, 0.3) is 0 Å². The topological polar surface area (TPSA) is 132 Å². The molecule has 0 fully saturated rings. The lowest BCUT2D eigenvalue weighted by atomic mass is 10.1. The zero-order chi connectivity index (χ0) is 30.2. The lowest BCUT2D eigenvalue weighted by Crippen LogP contribution is -2.38. The predicted octanol–water partition coefficient (Wildman–Crippen LogP) is 3.28. The van der Waals surface area contributed by atoms with Gasteiger partial charge >= 0.3 is 29.6 Å². The molecule has 10 nitrogen and oxygen atoms in total. The highest BCUT2D eigenvalue weighted by molar-refractivity contribution is 6.09. The number of hydrogen-bond acceptors (Lipinski definition) is 7. The number of carboxylic acid groups (broad SMARTS) is 2. The average molecular weight is 582 g/mol. The van der Waals surface area contributed by atoms with E-state index in [1.165, 1.54) is 4.90 Å². The number of carboxylic acids is 2. The number of ether oxygens (including phenoxy) is 1. The number of allylic oxidation sites excluding steroid dienone is 1. The molecule has 5 rings (SSSR count). The number of aliphatic carboxylic acids is 2. The highest BCUT2D eigenvalue weighted by Crippen LogP contribution is 2.28. The Morgan fingerprint density at radius 2 is 1.37 bits per heavy atom. The Morgan fingerprint density at radius 1 is 0.814 bits per heavy atom. The summed E-state index contributed by atoms with van der Waals surface area (Å²) in [6, 6.07) is 29.7. The molecule has 2 aliphatic rings. The number of rotatable bonds is 14. The largest absolute Gasteiger partial charge is 0.480 e. The number of carbonyl (C=O) groups is 3. The van der Waals surface area contributed by atoms with Gasteiger partial charge in [-0.25, -0.2) is 0 Å². The van der Waals surface area contributed by atoms with Crippen LogP contribution in [0, 0.1) is 0 Å². The molecule has 0 bridgehead atoms. The van der Waals surface area contributed by atoms with Crippen molar-refractivity contribution in [2.45, 2.75) is 31.8 Å². The van der Waals surface area contributed by atoms with E-state index < -0.39 is 31.0 Å². The predicted molar refractivity (Wildman–Crippen MR) is 160 cm³/mol. The van der Waals surface area contributed by atoms with Crippen molar-refractivity contribution >= 4 is 29.5 Å². The zero-order valence-electron chi connectivity index (χ0n) is 23.6. The number of esters is 1. The third-order valence-corrected chi connectivity index (χ3v) is 7.11. The van der Waals surface area contributed by atoms with Crippen molar-refractivity contribution in [2.24, 2.45) is 4.99 Å². The molecule has 220 valence electrons. The van der Waals surface area contributed by atoms with Crippen LogP contribution >= 0.6 is 0 Å². The van der Waals surface area contributed by atoms with Crippen LogP contribution in [0.15, 0.2) is 108 Å². The molecule has 2 aliphatic heterocycles. The Labute approximate surface area is 249 Å². The van der Waals surface area contributed by atoms with E-state index in [1.807, 2.05) is 83.4 Å². The van der Waals surface area contributed by atoms with E-state index >= 15 is 0 Å². The van der Waals surface area contributed by atoms with Crippen LogP contribution in [0.3, 0.4) is 0 Å². The second-order valence-corrected chi connectivity index (χ2v) is 10.4. The van der Waals surface area contributed by atoms with Gasteiger partial charge in [-0.05, 0) is 41.2 Å². The molecule has 0 saturated carbocycles. The molecule has 1 unspecified atom stereocenters. The first kappa shape index (κ1) is 29.4. The van der Waals surface area contributed by atoms with E-state index in [-0.39, 0.29) is 25.6 Å². The molecule has 3 N–H and O–H groups in total. The second kappa shape index (κ2) is 13.7. The first-order valence-electron chi connectivity index (χ1n) is 14.1. The van der Waals surface area contributed by atoms with Gasteiger partial charge in [0, 0.05) is 19.3 Å². The zero-order valence-corrected chi connectivity index (χ0v) is 23.6. The molecular formula is C33H33N4O6+. The summed E-state index contributed by atoms with van der Waals surface area (Å²) in [5.41, 5.74) is 4.67. The molecule has 0 spiro atoms. The number of carbonyl (C=O) groups excluding carboxylic acids is 1. The summed E-state index contributed by atoms with van der Waals surface area (Å²) in [7, 11) is 0. The second-order valence-electron chi connectivity index (χ2n) is 10.4. The molecule has 0 aliphatic carbocycles. The van der Waals surface area contributed by atoms with Gasteiger partial charge in [0.1, 0.15) is 5.70 Å². The van der Waals surface area contributed by atoms with Gasteiger partial charge in [0.15, 0.2) is 5.71 Å². The molecule has 0 aromatic heterocycles. The summed E-state index contributed by atoms with van der Waals surface area (Å²) in [4.78, 5) is 41.8. The van der Waals surface area contributed by atoms with E-state index in [0.29, 0.717) is 24.6 Å². The molecule has 10 heteroatoms. The van der Waals surface area contributed by atoms with Crippen molar-refractivity contribution in [3.63, 3.8) is 0 Å². The quantitative estimate of drug-likeness (QED) is 0.195. The summed E-state index contributed by atoms with van der Waals surface area (Å²) in [6.07, 6.45) is 0.978. The van der Waals surface area contributed by atoms with E-state index in [4.69, 9.17) is 19.9 Å². The maximum absolute atomic E-state index is 13.2. The molecule has 3 aromatic rings. The minimum absolute atomic E-state index is 0.0191. The van der Waals surface area contributed by atoms with Crippen LogP contribution < -0.4 is 5.32 Å². The van der Waals surface area contributed by atoms with Crippen molar-refractivity contribution in [3.8, 4) is 0 Å². The fraction of sp³-hybridized carbons (Fsp3) is 0.242. The van der Waals surface area contributed by atoms with Crippen LogP contribution in [-0.4, -0.2) is 74.9 Å². The Bertz CT molecular complexity index is 1550. The van der Waals surface area contributed by atoms with E-state index in [1.54, 1.807) is 0 Å². The standard InChI is InChI=1S/C33H32N4O6/c38-28(39)21-36(22-29(40)41)18-10-17-30(42)43-33-27(20-24-13-6-2-7-14-24)35-32-26(19-23-11-4-1-5-12-23)34-31(37(32)33)25-15-8-3-9-16-25/h1-9,11-16,32,35H,10,17-22H2,(H-,38,39,40,41)/p+1. The van der Waals surface area contributed by atoms with Crippen LogP contribution in [-0.2, 0) is 32.0 Å². The maximum Gasteiger partial charge on any atom is 0.335 e. The molecule has 3 aromatic carbocycles. The van der Waals surface area contributed by atoms with E-state index in [2.05, 4.69) is 17.4 Å². The fourth-order valence-corrected chi connectivity index (χ4v) is 5.23. The van der Waals surface area contributed by atoms with Gasteiger partial charge in [0.05, 0.1) is 18.7 Å². The van der Waals surface area contributed by atoms with Gasteiger partial charge < -0.3 is 20.3 Å². The molecular weight excluding hydrogens is 548 g/mol. The minimum Gasteiger partial charge on any atom is -0.480 e. The Kier molecular flexibility index (Phi) is 9.38. The number of nitrogens with zero attached hydrogens (tertiary/aromatic N) is 3. The third kappa shape index (κ3) is 7.60. The van der Waals surface area contributed by atoms with Crippen LogP contribution in [0.2, 0.25) is 0 Å². The first-order valence-corrected chi connectivity index (χ1v) is 14.1. The first-order chi connectivity index (χ1) is 20.9. The summed E-state index contributed by atoms with van der Waals surface area (Å²) in [5, 5.41) is 21.8. The van der Waals surface area contributed by atoms with Crippen LogP contribution in [0.5, 0.6) is 0 Å².